The van der Waals surface area contributed by atoms with Gasteiger partial charge in [0.25, 0.3) is 0 Å². The van der Waals surface area contributed by atoms with E-state index in [9.17, 15) is 0 Å². The van der Waals surface area contributed by atoms with E-state index in [4.69, 9.17) is 17.2 Å². The van der Waals surface area contributed by atoms with Crippen LogP contribution >= 0.6 is 0 Å². The van der Waals surface area contributed by atoms with E-state index in [-0.39, 0.29) is 0 Å². The summed E-state index contributed by atoms with van der Waals surface area (Å²) in [6, 6.07) is 0. The van der Waals surface area contributed by atoms with Crippen LogP contribution in [0.15, 0.2) is 0 Å². The van der Waals surface area contributed by atoms with Crippen LogP contribution in [-0.2, 0) is 0 Å². The van der Waals surface area contributed by atoms with Gasteiger partial charge in [0.2, 0.25) is 0 Å². The van der Waals surface area contributed by atoms with Gasteiger partial charge >= 0.3 is 90.9 Å². The van der Waals surface area contributed by atoms with Gasteiger partial charge in [0.15, 0.2) is 0 Å². The Morgan fingerprint density at radius 2 is 1.00 bits per heavy atom. The molecule has 0 aromatic carbocycles. The molecule has 0 aromatic rings. The predicted octanol–water partition coefficient (Wildman–Crippen LogP) is 1.11. The van der Waals surface area contributed by atoms with Crippen molar-refractivity contribution in [2.75, 3.05) is 19.6 Å². The van der Waals surface area contributed by atoms with Gasteiger partial charge in [0.05, 0.1) is 0 Å². The molecule has 6 N–H and O–H groups in total. The zero-order valence-corrected chi connectivity index (χ0v) is 11.7. The van der Waals surface area contributed by atoms with Gasteiger partial charge < -0.3 is 0 Å². The molecule has 0 aliphatic carbocycles. The summed E-state index contributed by atoms with van der Waals surface area (Å²) in [7, 11) is 0. The molecule has 0 bridgehead atoms. The molecule has 0 saturated carbocycles. The predicted molar refractivity (Wildman–Crippen MR) is 67.1 cm³/mol. The molecule has 14 heavy (non-hydrogen) atoms. The van der Waals surface area contributed by atoms with Gasteiger partial charge in [0.1, 0.15) is 0 Å². The molecular formula is C10H27GeN3. The van der Waals surface area contributed by atoms with E-state index in [1.807, 2.05) is 0 Å². The Kier molecular flexibility index (Phi) is 8.97. The molecule has 0 aromatic heterocycles. The Balaban J connectivity index is 3.89. The van der Waals surface area contributed by atoms with E-state index >= 15 is 0 Å². The van der Waals surface area contributed by atoms with Gasteiger partial charge in [-0.05, 0) is 0 Å². The van der Waals surface area contributed by atoms with Crippen molar-refractivity contribution < 1.29 is 0 Å². The summed E-state index contributed by atoms with van der Waals surface area (Å²) in [6.45, 7) is 2.52. The fourth-order valence-electron chi connectivity index (χ4n) is 1.96. The van der Waals surface area contributed by atoms with Crippen LogP contribution in [-0.4, -0.2) is 32.9 Å². The molecule has 0 amide bonds. The molecule has 0 atom stereocenters. The van der Waals surface area contributed by atoms with E-state index in [0.29, 0.717) is 0 Å². The van der Waals surface area contributed by atoms with Crippen LogP contribution in [0.25, 0.3) is 0 Å². The number of nitrogens with two attached hydrogens (primary N) is 3. The summed E-state index contributed by atoms with van der Waals surface area (Å²) < 4.78 is 0. The summed E-state index contributed by atoms with van der Waals surface area (Å²) in [4.78, 5) is 0. The van der Waals surface area contributed by atoms with Gasteiger partial charge in [0, 0.05) is 0 Å². The SMILES string of the molecule is [CH3][Ge]([CH2]CCN)([CH2]CCN)[CH2]CCN. The maximum atomic E-state index is 5.57. The molecular weight excluding hydrogens is 235 g/mol. The molecule has 0 radical (unpaired) electrons. The molecule has 4 heteroatoms. The van der Waals surface area contributed by atoms with Crippen molar-refractivity contribution in [3.8, 4) is 0 Å². The molecule has 0 heterocycles. The second-order valence-corrected chi connectivity index (χ2v) is 15.2. The average Bonchev–Trinajstić information content (AvgIpc) is 2.21. The van der Waals surface area contributed by atoms with Crippen LogP contribution in [0.1, 0.15) is 19.3 Å². The number of hydrogen-bond acceptors (Lipinski definition) is 3. The Morgan fingerprint density at radius 1 is 0.714 bits per heavy atom. The van der Waals surface area contributed by atoms with Crippen molar-refractivity contribution in [1.82, 2.24) is 0 Å². The molecule has 0 spiro atoms. The van der Waals surface area contributed by atoms with E-state index < -0.39 is 13.3 Å². The summed E-state index contributed by atoms with van der Waals surface area (Å²) >= 11 is -1.57. The van der Waals surface area contributed by atoms with Crippen molar-refractivity contribution in [3.63, 3.8) is 0 Å². The Morgan fingerprint density at radius 3 is 1.21 bits per heavy atom. The summed E-state index contributed by atoms with van der Waals surface area (Å²) in [5.74, 6) is 2.53. The van der Waals surface area contributed by atoms with Gasteiger partial charge in [-0.1, -0.05) is 0 Å². The van der Waals surface area contributed by atoms with Crippen LogP contribution in [0.4, 0.5) is 0 Å². The quantitative estimate of drug-likeness (QED) is 0.544. The van der Waals surface area contributed by atoms with Gasteiger partial charge in [-0.3, -0.25) is 0 Å². The van der Waals surface area contributed by atoms with E-state index in [2.05, 4.69) is 5.76 Å². The second-order valence-electron chi connectivity index (χ2n) is 4.49. The van der Waals surface area contributed by atoms with Crippen molar-refractivity contribution in [1.29, 1.82) is 0 Å². The maximum absolute atomic E-state index is 5.57. The Bertz CT molecular complexity index is 109. The average molecular weight is 262 g/mol. The third kappa shape index (κ3) is 6.81. The number of hydrogen-bond donors (Lipinski definition) is 3. The van der Waals surface area contributed by atoms with E-state index in [0.717, 1.165) is 19.6 Å². The van der Waals surface area contributed by atoms with E-state index in [1.54, 1.807) is 0 Å². The standard InChI is InChI=1S/C10H27GeN3/c1-11(5-2-8-12,6-3-9-13)7-4-10-14/h2-10,12-14H2,1H3. The van der Waals surface area contributed by atoms with Crippen LogP contribution in [0.3, 0.4) is 0 Å². The third-order valence-corrected chi connectivity index (χ3v) is 12.8. The monoisotopic (exact) mass is 263 g/mol. The topological polar surface area (TPSA) is 78.1 Å². The Labute approximate surface area is 91.1 Å². The first-order chi connectivity index (χ1) is 6.68. The van der Waals surface area contributed by atoms with E-state index in [1.165, 1.54) is 35.0 Å². The molecule has 0 unspecified atom stereocenters. The molecule has 0 saturated heterocycles. The van der Waals surface area contributed by atoms with Crippen molar-refractivity contribution in [2.24, 2.45) is 17.2 Å². The summed E-state index contributed by atoms with van der Waals surface area (Å²) in [5.41, 5.74) is 16.7. The van der Waals surface area contributed by atoms with Crippen LogP contribution < -0.4 is 17.2 Å². The fraction of sp³-hybridized carbons (Fsp3) is 1.00. The van der Waals surface area contributed by atoms with Crippen LogP contribution in [0.5, 0.6) is 0 Å². The van der Waals surface area contributed by atoms with Crippen molar-refractivity contribution >= 4 is 13.3 Å². The normalized spacial score (nSPS) is 12.0. The first-order valence-corrected chi connectivity index (χ1v) is 12.3. The van der Waals surface area contributed by atoms with Crippen molar-refractivity contribution in [2.45, 2.75) is 40.8 Å². The summed E-state index contributed by atoms with van der Waals surface area (Å²) in [5, 5.41) is 4.20. The second kappa shape index (κ2) is 8.71. The zero-order valence-electron chi connectivity index (χ0n) is 9.60. The molecule has 0 rings (SSSR count). The fourth-order valence-corrected chi connectivity index (χ4v) is 10.2. The minimum absolute atomic E-state index is 0.839. The molecule has 0 aliphatic rings. The molecule has 0 fully saturated rings. The van der Waals surface area contributed by atoms with Gasteiger partial charge in [-0.15, -0.1) is 0 Å². The van der Waals surface area contributed by atoms with Crippen LogP contribution in [0, 0.1) is 0 Å². The molecule has 0 aliphatic heterocycles. The zero-order chi connectivity index (χ0) is 10.9. The summed E-state index contributed by atoms with van der Waals surface area (Å²) in [6.07, 6.45) is 3.60. The number of rotatable bonds is 9. The van der Waals surface area contributed by atoms with Gasteiger partial charge in [-0.25, -0.2) is 0 Å². The third-order valence-electron chi connectivity index (χ3n) is 2.95. The first-order valence-electron chi connectivity index (χ1n) is 5.79. The Hall–Kier alpha value is 0.423. The van der Waals surface area contributed by atoms with Gasteiger partial charge in [-0.2, -0.15) is 0 Å². The molecule has 86 valence electrons. The van der Waals surface area contributed by atoms with Crippen LogP contribution in [0.2, 0.25) is 21.5 Å². The first kappa shape index (κ1) is 14.4. The minimum atomic E-state index is -1.57. The molecule has 3 nitrogen and oxygen atoms in total. The van der Waals surface area contributed by atoms with Crippen molar-refractivity contribution in [3.05, 3.63) is 0 Å².